The van der Waals surface area contributed by atoms with Gasteiger partial charge >= 0.3 is 5.82 Å². The van der Waals surface area contributed by atoms with Crippen LogP contribution in [0.2, 0.25) is 0 Å². The van der Waals surface area contributed by atoms with E-state index in [1.807, 2.05) is 6.92 Å². The maximum atomic E-state index is 10.6. The first-order chi connectivity index (χ1) is 7.16. The molecule has 0 aliphatic rings. The van der Waals surface area contributed by atoms with E-state index in [0.29, 0.717) is 25.6 Å². The van der Waals surface area contributed by atoms with Gasteiger partial charge < -0.3 is 20.2 Å². The first-order valence-corrected chi connectivity index (χ1v) is 4.64. The number of hydrogen-bond acceptors (Lipinski definition) is 5. The Morgan fingerprint density at radius 2 is 2.47 bits per heavy atom. The topological polar surface area (TPSA) is 82.2 Å². The summed E-state index contributed by atoms with van der Waals surface area (Å²) in [6, 6.07) is 0. The summed E-state index contributed by atoms with van der Waals surface area (Å²) in [5.41, 5.74) is 0. The van der Waals surface area contributed by atoms with E-state index in [2.05, 4.69) is 10.3 Å². The minimum absolute atomic E-state index is 0.158. The van der Waals surface area contributed by atoms with Crippen molar-refractivity contribution in [2.24, 2.45) is 7.05 Å². The lowest BCUT2D eigenvalue weighted by molar-refractivity contribution is -0.388. The van der Waals surface area contributed by atoms with Crippen molar-refractivity contribution < 1.29 is 9.66 Å². The molecule has 0 unspecified atom stereocenters. The maximum absolute atomic E-state index is 10.6. The molecule has 84 valence electrons. The van der Waals surface area contributed by atoms with Crippen molar-refractivity contribution in [3.05, 3.63) is 16.4 Å². The molecule has 0 atom stereocenters. The van der Waals surface area contributed by atoms with Gasteiger partial charge in [0.1, 0.15) is 0 Å². The molecule has 0 aromatic carbocycles. The smallest absolute Gasteiger partial charge is 0.380 e. The van der Waals surface area contributed by atoms with Crippen LogP contribution >= 0.6 is 0 Å². The second-order valence-electron chi connectivity index (χ2n) is 2.91. The largest absolute Gasteiger partial charge is 0.406 e. The van der Waals surface area contributed by atoms with Crippen LogP contribution in [0.3, 0.4) is 0 Å². The number of aryl methyl sites for hydroxylation is 1. The number of rotatable bonds is 6. The molecule has 0 saturated heterocycles. The monoisotopic (exact) mass is 214 g/mol. The molecule has 0 aliphatic heterocycles. The van der Waals surface area contributed by atoms with Crippen molar-refractivity contribution >= 4 is 11.6 Å². The van der Waals surface area contributed by atoms with Gasteiger partial charge in [0.25, 0.3) is 0 Å². The van der Waals surface area contributed by atoms with Crippen LogP contribution in [-0.4, -0.2) is 34.2 Å². The zero-order valence-corrected chi connectivity index (χ0v) is 8.77. The first-order valence-electron chi connectivity index (χ1n) is 4.64. The molecule has 0 spiro atoms. The van der Waals surface area contributed by atoms with Crippen LogP contribution < -0.4 is 5.32 Å². The number of imidazole rings is 1. The Bertz CT molecular complexity index is 337. The van der Waals surface area contributed by atoms with Gasteiger partial charge in [-0.05, 0) is 16.8 Å². The molecule has 7 nitrogen and oxygen atoms in total. The summed E-state index contributed by atoms with van der Waals surface area (Å²) >= 11 is 0. The number of anilines is 1. The van der Waals surface area contributed by atoms with Gasteiger partial charge in [0.2, 0.25) is 12.1 Å². The van der Waals surface area contributed by atoms with E-state index in [-0.39, 0.29) is 5.82 Å². The van der Waals surface area contributed by atoms with Crippen molar-refractivity contribution in [1.29, 1.82) is 0 Å². The predicted molar refractivity (Wildman–Crippen MR) is 54.8 cm³/mol. The molecule has 0 bridgehead atoms. The van der Waals surface area contributed by atoms with Crippen LogP contribution in [0.1, 0.15) is 6.92 Å². The number of ether oxygens (including phenoxy) is 1. The van der Waals surface area contributed by atoms with Gasteiger partial charge in [-0.2, -0.15) is 0 Å². The Morgan fingerprint density at radius 1 is 1.73 bits per heavy atom. The van der Waals surface area contributed by atoms with Crippen LogP contribution in [0.4, 0.5) is 11.6 Å². The third-order valence-electron chi connectivity index (χ3n) is 1.83. The van der Waals surface area contributed by atoms with E-state index >= 15 is 0 Å². The number of nitro groups is 1. The Kier molecular flexibility index (Phi) is 4.04. The van der Waals surface area contributed by atoms with Crippen molar-refractivity contribution in [3.8, 4) is 0 Å². The standard InChI is InChI=1S/C8H14N4O3/c1-3-15-5-4-9-7-8(12(13)14)10-6-11(7)2/h6,9H,3-5H2,1-2H3. The van der Waals surface area contributed by atoms with E-state index in [0.717, 1.165) is 0 Å². The number of aromatic nitrogens is 2. The number of nitrogens with zero attached hydrogens (tertiary/aromatic N) is 3. The van der Waals surface area contributed by atoms with Crippen molar-refractivity contribution in [1.82, 2.24) is 9.55 Å². The Balaban J connectivity index is 2.58. The molecule has 7 heteroatoms. The Hall–Kier alpha value is -1.63. The fourth-order valence-electron chi connectivity index (χ4n) is 1.14. The van der Waals surface area contributed by atoms with Gasteiger partial charge in [0.05, 0.1) is 6.61 Å². The van der Waals surface area contributed by atoms with Gasteiger partial charge in [-0.25, -0.2) is 0 Å². The third kappa shape index (κ3) is 2.91. The first kappa shape index (κ1) is 11.4. The van der Waals surface area contributed by atoms with Gasteiger partial charge in [-0.1, -0.05) is 0 Å². The summed E-state index contributed by atoms with van der Waals surface area (Å²) in [7, 11) is 1.70. The highest BCUT2D eigenvalue weighted by molar-refractivity contribution is 5.51. The van der Waals surface area contributed by atoms with E-state index in [4.69, 9.17) is 4.74 Å². The van der Waals surface area contributed by atoms with E-state index < -0.39 is 4.92 Å². The predicted octanol–water partition coefficient (Wildman–Crippen LogP) is 0.777. The summed E-state index contributed by atoms with van der Waals surface area (Å²) in [6.45, 7) is 3.56. The Labute approximate surface area is 87.2 Å². The third-order valence-corrected chi connectivity index (χ3v) is 1.83. The van der Waals surface area contributed by atoms with E-state index in [1.54, 1.807) is 11.6 Å². The average molecular weight is 214 g/mol. The highest BCUT2D eigenvalue weighted by atomic mass is 16.6. The molecule has 0 aliphatic carbocycles. The molecular formula is C8H14N4O3. The normalized spacial score (nSPS) is 10.3. The summed E-state index contributed by atoms with van der Waals surface area (Å²) in [6.07, 6.45) is 1.40. The minimum Gasteiger partial charge on any atom is -0.380 e. The number of hydrogen-bond donors (Lipinski definition) is 1. The van der Waals surface area contributed by atoms with Crippen molar-refractivity contribution in [3.63, 3.8) is 0 Å². The van der Waals surface area contributed by atoms with Gasteiger partial charge in [0.15, 0.2) is 0 Å². The fourth-order valence-corrected chi connectivity index (χ4v) is 1.14. The molecule has 1 aromatic rings. The SMILES string of the molecule is CCOCCNc1c([N+](=O)[O-])ncn1C. The molecule has 0 fully saturated rings. The van der Waals surface area contributed by atoms with E-state index in [9.17, 15) is 10.1 Å². The molecule has 1 N–H and O–H groups in total. The fraction of sp³-hybridized carbons (Fsp3) is 0.625. The lowest BCUT2D eigenvalue weighted by atomic mass is 10.5. The van der Waals surface area contributed by atoms with Crippen molar-refractivity contribution in [2.45, 2.75) is 6.92 Å². The quantitative estimate of drug-likeness (QED) is 0.430. The molecule has 15 heavy (non-hydrogen) atoms. The van der Waals surface area contributed by atoms with Crippen LogP contribution in [0, 0.1) is 10.1 Å². The second-order valence-corrected chi connectivity index (χ2v) is 2.91. The molecular weight excluding hydrogens is 200 g/mol. The minimum atomic E-state index is -0.511. The molecule has 0 saturated carbocycles. The van der Waals surface area contributed by atoms with Crippen LogP contribution in [0.5, 0.6) is 0 Å². The molecule has 1 aromatic heterocycles. The molecule has 0 radical (unpaired) electrons. The van der Waals surface area contributed by atoms with Gasteiger partial charge in [0, 0.05) is 20.2 Å². The van der Waals surface area contributed by atoms with Crippen LogP contribution in [-0.2, 0) is 11.8 Å². The average Bonchev–Trinajstić information content (AvgIpc) is 2.55. The molecule has 0 amide bonds. The zero-order chi connectivity index (χ0) is 11.3. The highest BCUT2D eigenvalue weighted by Crippen LogP contribution is 2.20. The van der Waals surface area contributed by atoms with Gasteiger partial charge in [-0.15, -0.1) is 0 Å². The summed E-state index contributed by atoms with van der Waals surface area (Å²) < 4.78 is 6.68. The summed E-state index contributed by atoms with van der Waals surface area (Å²) in [4.78, 5) is 13.7. The summed E-state index contributed by atoms with van der Waals surface area (Å²) in [5.74, 6) is 0.244. The number of nitrogens with one attached hydrogen (secondary N) is 1. The zero-order valence-electron chi connectivity index (χ0n) is 8.77. The van der Waals surface area contributed by atoms with E-state index in [1.165, 1.54) is 6.33 Å². The Morgan fingerprint density at radius 3 is 3.07 bits per heavy atom. The van der Waals surface area contributed by atoms with Crippen molar-refractivity contribution in [2.75, 3.05) is 25.1 Å². The van der Waals surface area contributed by atoms with Crippen LogP contribution in [0.25, 0.3) is 0 Å². The lowest BCUT2D eigenvalue weighted by Crippen LogP contribution is -2.12. The van der Waals surface area contributed by atoms with Gasteiger partial charge in [-0.3, -0.25) is 4.57 Å². The molecule has 1 rings (SSSR count). The lowest BCUT2D eigenvalue weighted by Gasteiger charge is -2.05. The van der Waals surface area contributed by atoms with Crippen LogP contribution in [0.15, 0.2) is 6.33 Å². The summed E-state index contributed by atoms with van der Waals surface area (Å²) in [5, 5.41) is 13.5. The maximum Gasteiger partial charge on any atom is 0.406 e. The molecule has 1 heterocycles. The highest BCUT2D eigenvalue weighted by Gasteiger charge is 2.18. The second kappa shape index (κ2) is 5.30.